The summed E-state index contributed by atoms with van der Waals surface area (Å²) in [5, 5.41) is 18.2. The summed E-state index contributed by atoms with van der Waals surface area (Å²) in [6, 6.07) is 18.5. The van der Waals surface area contributed by atoms with E-state index in [4.69, 9.17) is 28.4 Å². The molecular weight excluding hydrogens is 807 g/mol. The Bertz CT molecular complexity index is 2110. The molecule has 1 fully saturated rings. The molecule has 3 aromatic rings. The standard InChI is InChI=1S/C45H53N3O14/c1-23(2)37(48-45(56)58-22-35-33-14-10-8-12-31(33)32-13-9-11-15-34(32)35)43(54)46-24(3)42(53)47-30-18-16-29(21-49)28(20-30)17-19-36-38(59-25(4)50)39(60-26(5)51)40(61-27(6)52)41(62-36)44(55)57-7/h8-16,18,20,23-24,35-41,49H,17,19,21-22H2,1-7H3,(H,46,54)(H,47,53)(H,48,56)/t24?,36-,37?,38-,39+,40-,41-/m0/s1. The first-order valence-electron chi connectivity index (χ1n) is 20.2. The van der Waals surface area contributed by atoms with E-state index in [0.717, 1.165) is 50.1 Å². The van der Waals surface area contributed by atoms with E-state index < -0.39 is 91.0 Å². The predicted octanol–water partition coefficient (Wildman–Crippen LogP) is 3.85. The van der Waals surface area contributed by atoms with Crippen LogP contribution in [0.3, 0.4) is 0 Å². The normalized spacial score (nSPS) is 20.0. The Balaban J connectivity index is 1.23. The van der Waals surface area contributed by atoms with Gasteiger partial charge in [-0.25, -0.2) is 9.59 Å². The maximum Gasteiger partial charge on any atom is 0.407 e. The van der Waals surface area contributed by atoms with Crippen molar-refractivity contribution in [3.05, 3.63) is 89.0 Å². The lowest BCUT2D eigenvalue weighted by Crippen LogP contribution is -2.63. The van der Waals surface area contributed by atoms with Crippen LogP contribution in [-0.2, 0) is 70.2 Å². The third kappa shape index (κ3) is 11.3. The van der Waals surface area contributed by atoms with E-state index in [-0.39, 0.29) is 31.3 Å². The number of carbonyl (C=O) groups is 7. The summed E-state index contributed by atoms with van der Waals surface area (Å²) >= 11 is 0. The number of ether oxygens (including phenoxy) is 6. The van der Waals surface area contributed by atoms with Crippen LogP contribution in [0.4, 0.5) is 10.5 Å². The van der Waals surface area contributed by atoms with E-state index in [1.54, 1.807) is 32.0 Å². The second-order valence-electron chi connectivity index (χ2n) is 15.4. The van der Waals surface area contributed by atoms with Crippen molar-refractivity contribution < 1.29 is 67.1 Å². The third-order valence-electron chi connectivity index (χ3n) is 10.6. The van der Waals surface area contributed by atoms with Gasteiger partial charge >= 0.3 is 30.0 Å². The molecule has 1 aliphatic heterocycles. The average molecular weight is 860 g/mol. The molecule has 2 aliphatic rings. The van der Waals surface area contributed by atoms with Gasteiger partial charge in [-0.1, -0.05) is 68.4 Å². The molecule has 17 heteroatoms. The minimum Gasteiger partial charge on any atom is -0.467 e. The highest BCUT2D eigenvalue weighted by molar-refractivity contribution is 5.98. The zero-order chi connectivity index (χ0) is 45.2. The minimum atomic E-state index is -1.56. The molecule has 1 aliphatic carbocycles. The third-order valence-corrected chi connectivity index (χ3v) is 10.6. The number of benzene rings is 3. The number of rotatable bonds is 16. The maximum atomic E-state index is 13.5. The summed E-state index contributed by atoms with van der Waals surface area (Å²) in [6.45, 7) is 7.95. The molecule has 4 N–H and O–H groups in total. The Morgan fingerprint density at radius 2 is 1.31 bits per heavy atom. The van der Waals surface area contributed by atoms with Crippen LogP contribution in [-0.4, -0.2) is 103 Å². The topological polar surface area (TPSA) is 231 Å². The van der Waals surface area contributed by atoms with Gasteiger partial charge in [0.05, 0.1) is 19.8 Å². The van der Waals surface area contributed by atoms with Crippen LogP contribution >= 0.6 is 0 Å². The van der Waals surface area contributed by atoms with Crippen LogP contribution in [0.5, 0.6) is 0 Å². The van der Waals surface area contributed by atoms with E-state index >= 15 is 0 Å². The number of esters is 4. The van der Waals surface area contributed by atoms with Crippen molar-refractivity contribution in [2.45, 2.75) is 110 Å². The molecule has 7 atom stereocenters. The maximum absolute atomic E-state index is 13.5. The molecular formula is C45H53N3O14. The van der Waals surface area contributed by atoms with Crippen LogP contribution < -0.4 is 16.0 Å². The van der Waals surface area contributed by atoms with Gasteiger partial charge in [0.15, 0.2) is 24.4 Å². The molecule has 1 saturated heterocycles. The van der Waals surface area contributed by atoms with Crippen LogP contribution in [0.1, 0.15) is 76.1 Å². The summed E-state index contributed by atoms with van der Waals surface area (Å²) < 4.78 is 32.9. The molecule has 0 bridgehead atoms. The van der Waals surface area contributed by atoms with Gasteiger partial charge in [-0.3, -0.25) is 24.0 Å². The molecule has 3 amide bonds. The van der Waals surface area contributed by atoms with Crippen molar-refractivity contribution in [1.29, 1.82) is 0 Å². The first-order chi connectivity index (χ1) is 29.5. The van der Waals surface area contributed by atoms with Crippen molar-refractivity contribution in [2.75, 3.05) is 19.0 Å². The van der Waals surface area contributed by atoms with Gasteiger partial charge in [0.2, 0.25) is 11.8 Å². The van der Waals surface area contributed by atoms with Crippen LogP contribution in [0.15, 0.2) is 66.7 Å². The Morgan fingerprint density at radius 1 is 0.726 bits per heavy atom. The number of carbonyl (C=O) groups excluding carboxylic acids is 7. The number of fused-ring (bicyclic) bond motifs is 3. The Kier molecular flexibility index (Phi) is 15.8. The van der Waals surface area contributed by atoms with E-state index in [0.29, 0.717) is 16.8 Å². The van der Waals surface area contributed by atoms with Crippen LogP contribution in [0.2, 0.25) is 0 Å². The van der Waals surface area contributed by atoms with E-state index in [2.05, 4.69) is 16.0 Å². The molecule has 5 rings (SSSR count). The van der Waals surface area contributed by atoms with Gasteiger partial charge in [0.1, 0.15) is 18.7 Å². The molecule has 0 spiro atoms. The van der Waals surface area contributed by atoms with Crippen molar-refractivity contribution in [3.63, 3.8) is 0 Å². The molecule has 0 aromatic heterocycles. The van der Waals surface area contributed by atoms with Crippen molar-refractivity contribution in [2.24, 2.45) is 5.92 Å². The van der Waals surface area contributed by atoms with Gasteiger partial charge in [0, 0.05) is 32.4 Å². The second-order valence-corrected chi connectivity index (χ2v) is 15.4. The number of hydrogen-bond donors (Lipinski definition) is 4. The average Bonchev–Trinajstić information content (AvgIpc) is 3.55. The fraction of sp³-hybridized carbons (Fsp3) is 0.444. The van der Waals surface area contributed by atoms with Crippen LogP contribution in [0, 0.1) is 5.92 Å². The molecule has 3 aromatic carbocycles. The molecule has 2 unspecified atom stereocenters. The Morgan fingerprint density at radius 3 is 1.87 bits per heavy atom. The largest absolute Gasteiger partial charge is 0.467 e. The molecule has 0 radical (unpaired) electrons. The van der Waals surface area contributed by atoms with Gasteiger partial charge < -0.3 is 49.5 Å². The molecule has 1 heterocycles. The second kappa shape index (κ2) is 21.0. The first kappa shape index (κ1) is 46.7. The Labute approximate surface area is 359 Å². The fourth-order valence-electron chi connectivity index (χ4n) is 7.74. The number of aliphatic hydroxyl groups excluding tert-OH is 1. The highest BCUT2D eigenvalue weighted by atomic mass is 16.7. The molecule has 62 heavy (non-hydrogen) atoms. The highest BCUT2D eigenvalue weighted by Gasteiger charge is 2.54. The lowest BCUT2D eigenvalue weighted by atomic mass is 9.90. The summed E-state index contributed by atoms with van der Waals surface area (Å²) in [7, 11) is 1.09. The predicted molar refractivity (Wildman–Crippen MR) is 221 cm³/mol. The number of amides is 3. The Hall–Kier alpha value is -6.33. The van der Waals surface area contributed by atoms with Gasteiger partial charge in [0.25, 0.3) is 0 Å². The zero-order valence-corrected chi connectivity index (χ0v) is 35.6. The quantitative estimate of drug-likeness (QED) is 0.119. The van der Waals surface area contributed by atoms with Crippen molar-refractivity contribution in [3.8, 4) is 11.1 Å². The summed E-state index contributed by atoms with van der Waals surface area (Å²) in [5.41, 5.74) is 5.56. The van der Waals surface area contributed by atoms with E-state index in [1.807, 2.05) is 48.5 Å². The van der Waals surface area contributed by atoms with E-state index in [9.17, 15) is 38.7 Å². The highest BCUT2D eigenvalue weighted by Crippen LogP contribution is 2.44. The number of aryl methyl sites for hydroxylation is 1. The van der Waals surface area contributed by atoms with Gasteiger partial charge in [-0.2, -0.15) is 0 Å². The summed E-state index contributed by atoms with van der Waals surface area (Å²) in [5.74, 6) is -5.07. The van der Waals surface area contributed by atoms with Gasteiger partial charge in [-0.15, -0.1) is 0 Å². The van der Waals surface area contributed by atoms with Crippen molar-refractivity contribution >= 4 is 47.5 Å². The number of nitrogens with one attached hydrogen (secondary N) is 3. The van der Waals surface area contributed by atoms with Crippen LogP contribution in [0.25, 0.3) is 11.1 Å². The molecule has 0 saturated carbocycles. The fourth-order valence-corrected chi connectivity index (χ4v) is 7.74. The van der Waals surface area contributed by atoms with Crippen molar-refractivity contribution in [1.82, 2.24) is 10.6 Å². The lowest BCUT2D eigenvalue weighted by molar-refractivity contribution is -0.249. The number of hydrogen-bond acceptors (Lipinski definition) is 14. The zero-order valence-electron chi connectivity index (χ0n) is 35.6. The smallest absolute Gasteiger partial charge is 0.407 e. The molecule has 17 nitrogen and oxygen atoms in total. The molecule has 332 valence electrons. The summed E-state index contributed by atoms with van der Waals surface area (Å²) in [6.07, 6.45) is -7.63. The number of methoxy groups -OCH3 is 1. The lowest BCUT2D eigenvalue weighted by Gasteiger charge is -2.43. The first-order valence-corrected chi connectivity index (χ1v) is 20.2. The monoisotopic (exact) mass is 859 g/mol. The minimum absolute atomic E-state index is 0.0140. The number of alkyl carbamates (subject to hydrolysis) is 1. The SMILES string of the molecule is COC(=O)[C@H]1O[C@@H](CCc2cc(NC(=O)C(C)NC(=O)C(NC(=O)OCC3c4ccccc4-c4ccccc43)C(C)C)ccc2CO)[C@H](OC(C)=O)[C@@H](OC(C)=O)[C@@H]1OC(C)=O. The van der Waals surface area contributed by atoms with E-state index in [1.165, 1.54) is 6.92 Å². The number of anilines is 1. The summed E-state index contributed by atoms with van der Waals surface area (Å²) in [4.78, 5) is 89.3. The van der Waals surface area contributed by atoms with Gasteiger partial charge in [-0.05, 0) is 71.2 Å². The number of aliphatic hydroxyl groups is 1.